The molecule has 112 valence electrons. The lowest BCUT2D eigenvalue weighted by molar-refractivity contribution is 0.279. The van der Waals surface area contributed by atoms with Gasteiger partial charge >= 0.3 is 0 Å². The van der Waals surface area contributed by atoms with Crippen molar-refractivity contribution >= 4 is 44.8 Å². The molecular formula is C15H9BrCl2N2O2. The van der Waals surface area contributed by atoms with Crippen molar-refractivity contribution in [3.05, 3.63) is 67.1 Å². The molecule has 7 heteroatoms. The number of fused-ring (bicyclic) bond motifs is 1. The Labute approximate surface area is 144 Å². The highest BCUT2D eigenvalue weighted by Crippen LogP contribution is 2.33. The molecule has 1 N–H and O–H groups in total. The molecule has 3 aromatic rings. The molecule has 0 atom stereocenters. The number of hydrogen-bond donors (Lipinski definition) is 1. The maximum Gasteiger partial charge on any atom is 0.264 e. The Kier molecular flexibility index (Phi) is 4.23. The summed E-state index contributed by atoms with van der Waals surface area (Å²) in [6.45, 7) is -0.452. The summed E-state index contributed by atoms with van der Waals surface area (Å²) in [5.41, 5.74) is 1.71. The second-order valence-corrected chi connectivity index (χ2v) is 6.18. The molecule has 0 spiro atoms. The van der Waals surface area contributed by atoms with Gasteiger partial charge in [0, 0.05) is 16.2 Å². The number of benzene rings is 1. The minimum atomic E-state index is -0.452. The first-order valence-corrected chi connectivity index (χ1v) is 7.84. The first kappa shape index (κ1) is 15.5. The van der Waals surface area contributed by atoms with Crippen molar-refractivity contribution in [2.75, 3.05) is 0 Å². The van der Waals surface area contributed by atoms with Crippen molar-refractivity contribution in [2.24, 2.45) is 0 Å². The lowest BCUT2D eigenvalue weighted by Crippen LogP contribution is -2.20. The lowest BCUT2D eigenvalue weighted by Gasteiger charge is -2.09. The molecule has 0 fully saturated rings. The zero-order valence-electron chi connectivity index (χ0n) is 11.1. The molecule has 0 aliphatic rings. The molecule has 0 amide bonds. The molecule has 2 aromatic heterocycles. The standard InChI is InChI=1S/C15H9BrCl2N2O2/c16-11-3-1-2-9(13(11)17)8-4-5-20-12(6-8)19-14(18)10(7-21)15(20)22/h1-6,21H,7H2. The molecule has 0 bridgehead atoms. The minimum Gasteiger partial charge on any atom is -0.391 e. The lowest BCUT2D eigenvalue weighted by atomic mass is 10.1. The van der Waals surface area contributed by atoms with Gasteiger partial charge in [-0.1, -0.05) is 35.3 Å². The molecule has 0 aliphatic heterocycles. The smallest absolute Gasteiger partial charge is 0.264 e. The number of aromatic nitrogens is 2. The van der Waals surface area contributed by atoms with Gasteiger partial charge in [-0.2, -0.15) is 0 Å². The quantitative estimate of drug-likeness (QED) is 0.664. The Morgan fingerprint density at radius 1 is 1.27 bits per heavy atom. The average molecular weight is 400 g/mol. The van der Waals surface area contributed by atoms with E-state index in [0.717, 1.165) is 15.6 Å². The van der Waals surface area contributed by atoms with Crippen LogP contribution in [0.2, 0.25) is 10.2 Å². The van der Waals surface area contributed by atoms with Gasteiger partial charge in [0.1, 0.15) is 10.8 Å². The Morgan fingerprint density at radius 3 is 2.77 bits per heavy atom. The fraction of sp³-hybridized carbons (Fsp3) is 0.0667. The van der Waals surface area contributed by atoms with Crippen LogP contribution in [0.5, 0.6) is 0 Å². The van der Waals surface area contributed by atoms with E-state index in [4.69, 9.17) is 23.2 Å². The molecule has 0 saturated heterocycles. The number of hydrogen-bond acceptors (Lipinski definition) is 3. The largest absolute Gasteiger partial charge is 0.391 e. The molecule has 4 nitrogen and oxygen atoms in total. The van der Waals surface area contributed by atoms with Crippen LogP contribution in [-0.2, 0) is 6.61 Å². The second kappa shape index (κ2) is 6.01. The van der Waals surface area contributed by atoms with Crippen LogP contribution in [0.4, 0.5) is 0 Å². The van der Waals surface area contributed by atoms with Crippen LogP contribution in [0.25, 0.3) is 16.8 Å². The fourth-order valence-electron chi connectivity index (χ4n) is 2.17. The maximum absolute atomic E-state index is 12.2. The molecule has 0 radical (unpaired) electrons. The van der Waals surface area contributed by atoms with Crippen LogP contribution in [-0.4, -0.2) is 14.5 Å². The fourth-order valence-corrected chi connectivity index (χ4v) is 3.00. The molecule has 0 aliphatic carbocycles. The molecule has 0 saturated carbocycles. The minimum absolute atomic E-state index is 0.00462. The van der Waals surface area contributed by atoms with Crippen LogP contribution in [0.1, 0.15) is 5.56 Å². The Morgan fingerprint density at radius 2 is 2.05 bits per heavy atom. The topological polar surface area (TPSA) is 54.6 Å². The van der Waals surface area contributed by atoms with Gasteiger partial charge in [-0.15, -0.1) is 0 Å². The van der Waals surface area contributed by atoms with Crippen molar-refractivity contribution in [3.63, 3.8) is 0 Å². The zero-order chi connectivity index (χ0) is 15.9. The first-order valence-electron chi connectivity index (χ1n) is 6.29. The van der Waals surface area contributed by atoms with E-state index in [2.05, 4.69) is 20.9 Å². The second-order valence-electron chi connectivity index (χ2n) is 4.59. The monoisotopic (exact) mass is 398 g/mol. The Bertz CT molecular complexity index is 941. The van der Waals surface area contributed by atoms with Crippen molar-refractivity contribution in [3.8, 4) is 11.1 Å². The molecule has 0 unspecified atom stereocenters. The summed E-state index contributed by atoms with van der Waals surface area (Å²) in [6.07, 6.45) is 1.59. The van der Waals surface area contributed by atoms with E-state index in [-0.39, 0.29) is 16.3 Å². The van der Waals surface area contributed by atoms with E-state index < -0.39 is 6.61 Å². The highest BCUT2D eigenvalue weighted by Gasteiger charge is 2.12. The van der Waals surface area contributed by atoms with E-state index in [1.807, 2.05) is 18.2 Å². The summed E-state index contributed by atoms with van der Waals surface area (Å²) in [5.74, 6) is 0. The van der Waals surface area contributed by atoms with Crippen LogP contribution in [0, 0.1) is 0 Å². The number of aliphatic hydroxyl groups is 1. The molecule has 3 rings (SSSR count). The molecule has 1 aromatic carbocycles. The van der Waals surface area contributed by atoms with Gasteiger partial charge in [0.15, 0.2) is 0 Å². The van der Waals surface area contributed by atoms with Gasteiger partial charge in [-0.25, -0.2) is 4.98 Å². The van der Waals surface area contributed by atoms with E-state index in [1.54, 1.807) is 18.3 Å². The first-order chi connectivity index (χ1) is 10.5. The number of pyridine rings is 1. The normalized spacial score (nSPS) is 11.1. The van der Waals surface area contributed by atoms with Gasteiger partial charge in [0.25, 0.3) is 5.56 Å². The zero-order valence-corrected chi connectivity index (χ0v) is 14.2. The van der Waals surface area contributed by atoms with Crippen LogP contribution in [0.3, 0.4) is 0 Å². The van der Waals surface area contributed by atoms with Crippen molar-refractivity contribution in [1.29, 1.82) is 0 Å². The molecule has 22 heavy (non-hydrogen) atoms. The van der Waals surface area contributed by atoms with Gasteiger partial charge in [0.2, 0.25) is 0 Å². The Hall–Kier alpha value is -1.40. The SMILES string of the molecule is O=c1c(CO)c(Cl)nc2cc(-c3cccc(Br)c3Cl)ccn12. The highest BCUT2D eigenvalue weighted by atomic mass is 79.9. The summed E-state index contributed by atoms with van der Waals surface area (Å²) < 4.78 is 2.12. The van der Waals surface area contributed by atoms with Crippen LogP contribution in [0.15, 0.2) is 45.8 Å². The Balaban J connectivity index is 2.27. The van der Waals surface area contributed by atoms with E-state index in [1.165, 1.54) is 4.40 Å². The van der Waals surface area contributed by atoms with Crippen LogP contribution < -0.4 is 5.56 Å². The average Bonchev–Trinajstić information content (AvgIpc) is 2.50. The van der Waals surface area contributed by atoms with E-state index >= 15 is 0 Å². The predicted molar refractivity (Wildman–Crippen MR) is 90.5 cm³/mol. The molecular weight excluding hydrogens is 391 g/mol. The van der Waals surface area contributed by atoms with Gasteiger partial charge in [-0.3, -0.25) is 9.20 Å². The third kappa shape index (κ3) is 2.54. The number of aliphatic hydroxyl groups excluding tert-OH is 1. The maximum atomic E-state index is 12.2. The summed E-state index contributed by atoms with van der Waals surface area (Å²) in [7, 11) is 0. The van der Waals surface area contributed by atoms with E-state index in [9.17, 15) is 9.90 Å². The number of halogens is 3. The third-order valence-corrected chi connectivity index (χ3v) is 4.90. The van der Waals surface area contributed by atoms with Gasteiger partial charge in [0.05, 0.1) is 17.2 Å². The van der Waals surface area contributed by atoms with Crippen molar-refractivity contribution in [2.45, 2.75) is 6.61 Å². The van der Waals surface area contributed by atoms with Gasteiger partial charge < -0.3 is 5.11 Å². The van der Waals surface area contributed by atoms with E-state index in [0.29, 0.717) is 10.7 Å². The summed E-state index contributed by atoms with van der Waals surface area (Å²) in [6, 6.07) is 9.08. The van der Waals surface area contributed by atoms with Crippen molar-refractivity contribution in [1.82, 2.24) is 9.38 Å². The van der Waals surface area contributed by atoms with Gasteiger partial charge in [-0.05, 0) is 39.7 Å². The predicted octanol–water partition coefficient (Wildman–Crippen LogP) is 3.92. The highest BCUT2D eigenvalue weighted by molar-refractivity contribution is 9.10. The summed E-state index contributed by atoms with van der Waals surface area (Å²) >= 11 is 15.6. The van der Waals surface area contributed by atoms with Crippen LogP contribution >= 0.6 is 39.1 Å². The summed E-state index contributed by atoms with van der Waals surface area (Å²) in [5, 5.41) is 9.78. The number of nitrogens with zero attached hydrogens (tertiary/aromatic N) is 2. The third-order valence-electron chi connectivity index (χ3n) is 3.29. The molecule has 2 heterocycles. The number of rotatable bonds is 2. The summed E-state index contributed by atoms with van der Waals surface area (Å²) in [4.78, 5) is 16.4. The van der Waals surface area contributed by atoms with Crippen molar-refractivity contribution < 1.29 is 5.11 Å².